The molecule has 1 atom stereocenters. The largest absolute Gasteiger partial charge is 0.395 e. The molecule has 27 heavy (non-hydrogen) atoms. The molecule has 2 aromatic heterocycles. The number of imidazole rings is 1. The highest BCUT2D eigenvalue weighted by molar-refractivity contribution is 7.89. The van der Waals surface area contributed by atoms with Crippen molar-refractivity contribution in [3.05, 3.63) is 36.3 Å². The number of anilines is 1. The fourth-order valence-electron chi connectivity index (χ4n) is 3.50. The fourth-order valence-corrected chi connectivity index (χ4v) is 5.21. The maximum atomic E-state index is 13.1. The van der Waals surface area contributed by atoms with Crippen molar-refractivity contribution in [3.63, 3.8) is 0 Å². The van der Waals surface area contributed by atoms with E-state index in [9.17, 15) is 13.5 Å². The molecule has 0 unspecified atom stereocenters. The summed E-state index contributed by atoms with van der Waals surface area (Å²) in [6.45, 7) is 2.12. The number of nitrogens with two attached hydrogens (primary N) is 1. The molecule has 3 aromatic rings. The van der Waals surface area contributed by atoms with Gasteiger partial charge in [-0.1, -0.05) is 6.07 Å². The Labute approximate surface area is 156 Å². The van der Waals surface area contributed by atoms with Crippen molar-refractivity contribution in [2.75, 3.05) is 18.9 Å². The zero-order valence-corrected chi connectivity index (χ0v) is 15.6. The number of nitrogen functional groups attached to an aromatic ring is 1. The standard InChI is InChI=1S/C17H20N6O3S/c1-11-4-5-13(27(25,26)22-6-2-3-12(22)9-24)7-14(11)15-8-19-17-16(18)20-10-21-23(15)17/h4-5,7-8,10,12,24H,2-3,6,9H2,1H3,(H2,18,20,21)/t12-/m1/s1. The third kappa shape index (κ3) is 2.85. The second-order valence-electron chi connectivity index (χ2n) is 6.60. The van der Waals surface area contributed by atoms with Gasteiger partial charge in [0.05, 0.1) is 23.4 Å². The first-order valence-corrected chi connectivity index (χ1v) is 10.1. The molecule has 0 spiro atoms. The number of hydrogen-bond donors (Lipinski definition) is 2. The van der Waals surface area contributed by atoms with E-state index in [2.05, 4.69) is 15.1 Å². The number of aryl methyl sites for hydroxylation is 1. The quantitative estimate of drug-likeness (QED) is 0.677. The lowest BCUT2D eigenvalue weighted by Crippen LogP contribution is -2.37. The first-order chi connectivity index (χ1) is 12.9. The van der Waals surface area contributed by atoms with Gasteiger partial charge in [0, 0.05) is 18.2 Å². The fraction of sp³-hybridized carbons (Fsp3) is 0.353. The average Bonchev–Trinajstić information content (AvgIpc) is 3.29. The van der Waals surface area contributed by atoms with Crippen molar-refractivity contribution < 1.29 is 13.5 Å². The number of aromatic nitrogens is 4. The van der Waals surface area contributed by atoms with Gasteiger partial charge in [0.15, 0.2) is 11.5 Å². The van der Waals surface area contributed by atoms with Crippen molar-refractivity contribution in [2.45, 2.75) is 30.7 Å². The van der Waals surface area contributed by atoms with Crippen LogP contribution in [0.1, 0.15) is 18.4 Å². The first kappa shape index (κ1) is 17.8. The van der Waals surface area contributed by atoms with Crippen LogP contribution in [0.4, 0.5) is 5.82 Å². The normalized spacial score (nSPS) is 18.4. The molecule has 3 heterocycles. The number of fused-ring (bicyclic) bond motifs is 1. The van der Waals surface area contributed by atoms with Crippen molar-refractivity contribution in [1.29, 1.82) is 0 Å². The zero-order chi connectivity index (χ0) is 19.2. The van der Waals surface area contributed by atoms with Gasteiger partial charge in [0.2, 0.25) is 10.0 Å². The summed E-state index contributed by atoms with van der Waals surface area (Å²) in [5.74, 6) is 0.250. The Kier molecular flexibility index (Phi) is 4.33. The van der Waals surface area contributed by atoms with Crippen LogP contribution in [0.5, 0.6) is 0 Å². The molecular weight excluding hydrogens is 368 g/mol. The summed E-state index contributed by atoms with van der Waals surface area (Å²) in [5, 5.41) is 13.7. The molecule has 9 nitrogen and oxygen atoms in total. The van der Waals surface area contributed by atoms with Crippen molar-refractivity contribution in [1.82, 2.24) is 23.9 Å². The van der Waals surface area contributed by atoms with Crippen molar-refractivity contribution in [3.8, 4) is 11.3 Å². The van der Waals surface area contributed by atoms with E-state index in [0.717, 1.165) is 12.0 Å². The summed E-state index contributed by atoms with van der Waals surface area (Å²) in [5.41, 5.74) is 8.47. The number of hydrogen-bond acceptors (Lipinski definition) is 7. The molecule has 3 N–H and O–H groups in total. The molecule has 0 radical (unpaired) electrons. The lowest BCUT2D eigenvalue weighted by molar-refractivity contribution is 0.213. The van der Waals surface area contributed by atoms with Crippen LogP contribution < -0.4 is 5.73 Å². The van der Waals surface area contributed by atoms with E-state index in [1.54, 1.807) is 28.9 Å². The Morgan fingerprint density at radius 2 is 2.15 bits per heavy atom. The molecule has 10 heteroatoms. The van der Waals surface area contributed by atoms with E-state index in [4.69, 9.17) is 5.73 Å². The van der Waals surface area contributed by atoms with Crippen LogP contribution in [0.3, 0.4) is 0 Å². The van der Waals surface area contributed by atoms with Crippen molar-refractivity contribution in [2.24, 2.45) is 0 Å². The van der Waals surface area contributed by atoms with Gasteiger partial charge in [-0.15, -0.1) is 0 Å². The molecule has 0 aliphatic carbocycles. The summed E-state index contributed by atoms with van der Waals surface area (Å²) in [4.78, 5) is 8.35. The van der Waals surface area contributed by atoms with Gasteiger partial charge in [-0.05, 0) is 37.5 Å². The second-order valence-corrected chi connectivity index (χ2v) is 8.49. The number of rotatable bonds is 4. The summed E-state index contributed by atoms with van der Waals surface area (Å²) in [6.07, 6.45) is 4.34. The number of benzene rings is 1. The molecule has 4 rings (SSSR count). The molecule has 1 aliphatic heterocycles. The van der Waals surface area contributed by atoms with Crippen LogP contribution in [0.15, 0.2) is 35.6 Å². The summed E-state index contributed by atoms with van der Waals surface area (Å²) in [7, 11) is -3.71. The molecule has 0 bridgehead atoms. The number of sulfonamides is 1. The smallest absolute Gasteiger partial charge is 0.243 e. The van der Waals surface area contributed by atoms with E-state index in [-0.39, 0.29) is 23.4 Å². The Morgan fingerprint density at radius 1 is 1.33 bits per heavy atom. The van der Waals surface area contributed by atoms with Gasteiger partial charge in [0.1, 0.15) is 6.33 Å². The van der Waals surface area contributed by atoms with E-state index in [1.807, 2.05) is 6.92 Å². The van der Waals surface area contributed by atoms with Crippen LogP contribution in [0, 0.1) is 6.92 Å². The van der Waals surface area contributed by atoms with Gasteiger partial charge in [-0.25, -0.2) is 22.9 Å². The highest BCUT2D eigenvalue weighted by Gasteiger charge is 2.35. The third-order valence-electron chi connectivity index (χ3n) is 4.96. The molecular formula is C17H20N6O3S. The van der Waals surface area contributed by atoms with E-state index < -0.39 is 10.0 Å². The Hall–Kier alpha value is -2.56. The Balaban J connectivity index is 1.83. The highest BCUT2D eigenvalue weighted by Crippen LogP contribution is 2.31. The van der Waals surface area contributed by atoms with Gasteiger partial charge in [0.25, 0.3) is 0 Å². The molecule has 0 saturated carbocycles. The van der Waals surface area contributed by atoms with E-state index in [1.165, 1.54) is 10.6 Å². The summed E-state index contributed by atoms with van der Waals surface area (Å²) < 4.78 is 29.1. The Morgan fingerprint density at radius 3 is 2.93 bits per heavy atom. The average molecular weight is 388 g/mol. The van der Waals surface area contributed by atoms with Crippen LogP contribution in [-0.4, -0.2) is 56.6 Å². The minimum Gasteiger partial charge on any atom is -0.395 e. The van der Waals surface area contributed by atoms with Gasteiger partial charge in [-0.3, -0.25) is 0 Å². The minimum atomic E-state index is -3.71. The molecule has 0 amide bonds. The predicted octanol–water partition coefficient (Wildman–Crippen LogP) is 0.827. The third-order valence-corrected chi connectivity index (χ3v) is 6.90. The maximum absolute atomic E-state index is 13.1. The monoisotopic (exact) mass is 388 g/mol. The Bertz CT molecular complexity index is 1110. The van der Waals surface area contributed by atoms with Gasteiger partial charge < -0.3 is 10.8 Å². The number of nitrogens with zero attached hydrogens (tertiary/aromatic N) is 5. The first-order valence-electron chi connectivity index (χ1n) is 8.61. The van der Waals surface area contributed by atoms with Crippen LogP contribution in [0.25, 0.3) is 16.9 Å². The van der Waals surface area contributed by atoms with E-state index in [0.29, 0.717) is 29.9 Å². The molecule has 1 saturated heterocycles. The zero-order valence-electron chi connectivity index (χ0n) is 14.8. The number of aliphatic hydroxyl groups is 1. The summed E-state index contributed by atoms with van der Waals surface area (Å²) >= 11 is 0. The number of aliphatic hydroxyl groups excluding tert-OH is 1. The van der Waals surface area contributed by atoms with Crippen molar-refractivity contribution >= 4 is 21.5 Å². The molecule has 1 aliphatic rings. The van der Waals surface area contributed by atoms with Gasteiger partial charge in [-0.2, -0.15) is 9.40 Å². The van der Waals surface area contributed by atoms with Crippen LogP contribution in [0.2, 0.25) is 0 Å². The summed E-state index contributed by atoms with van der Waals surface area (Å²) in [6, 6.07) is 4.60. The second kappa shape index (κ2) is 6.55. The highest BCUT2D eigenvalue weighted by atomic mass is 32.2. The molecule has 1 fully saturated rings. The van der Waals surface area contributed by atoms with Crippen LogP contribution in [-0.2, 0) is 10.0 Å². The van der Waals surface area contributed by atoms with Gasteiger partial charge >= 0.3 is 0 Å². The maximum Gasteiger partial charge on any atom is 0.243 e. The lowest BCUT2D eigenvalue weighted by Gasteiger charge is -2.23. The topological polar surface area (TPSA) is 127 Å². The minimum absolute atomic E-state index is 0.179. The molecule has 142 valence electrons. The van der Waals surface area contributed by atoms with Crippen LogP contribution >= 0.6 is 0 Å². The SMILES string of the molecule is Cc1ccc(S(=O)(=O)N2CCC[C@@H]2CO)cc1-c1cnc2c(N)ncnn12. The molecule has 1 aromatic carbocycles. The predicted molar refractivity (Wildman–Crippen MR) is 99.4 cm³/mol. The van der Waals surface area contributed by atoms with E-state index >= 15 is 0 Å². The lowest BCUT2D eigenvalue weighted by atomic mass is 10.1.